The molecule has 1 aromatic heterocycles. The van der Waals surface area contributed by atoms with E-state index in [-0.39, 0.29) is 17.6 Å². The molecule has 0 bridgehead atoms. The third kappa shape index (κ3) is 5.50. The predicted octanol–water partition coefficient (Wildman–Crippen LogP) is 4.84. The number of hydrogen-bond acceptors (Lipinski definition) is 7. The first-order valence-electron chi connectivity index (χ1n) is 10.3. The molecular weight excluding hydrogens is 475 g/mol. The van der Waals surface area contributed by atoms with E-state index in [1.165, 1.54) is 14.2 Å². The molecule has 0 aliphatic heterocycles. The highest BCUT2D eigenvalue weighted by Gasteiger charge is 2.34. The summed E-state index contributed by atoms with van der Waals surface area (Å²) in [5.74, 6) is 0.799. The minimum absolute atomic E-state index is 0.0188. The summed E-state index contributed by atoms with van der Waals surface area (Å²) in [6.07, 6.45) is -4.15. The van der Waals surface area contributed by atoms with E-state index in [1.54, 1.807) is 25.1 Å². The van der Waals surface area contributed by atoms with Crippen molar-refractivity contribution in [3.63, 3.8) is 0 Å². The van der Waals surface area contributed by atoms with E-state index in [0.29, 0.717) is 29.5 Å². The standard InChI is InChI=1S/C22H24F3N3O5S/c1-5-13(2)19(28-34(29,30)16-8-6-7-15(12-16)22(23,24)25)21-26-20(27-33-21)14-9-10-17(31-3)18(11-14)32-4/h6-13,19,28H,5H2,1-4H3/t13-,19+/m0/s1. The molecule has 1 N–H and O–H groups in total. The predicted molar refractivity (Wildman–Crippen MR) is 117 cm³/mol. The molecule has 1 heterocycles. The Hall–Kier alpha value is -3.12. The summed E-state index contributed by atoms with van der Waals surface area (Å²) in [6, 6.07) is 7.53. The number of halogens is 3. The van der Waals surface area contributed by atoms with E-state index in [4.69, 9.17) is 14.0 Å². The van der Waals surface area contributed by atoms with Gasteiger partial charge in [-0.05, 0) is 42.3 Å². The van der Waals surface area contributed by atoms with E-state index in [9.17, 15) is 21.6 Å². The fourth-order valence-electron chi connectivity index (χ4n) is 3.17. The summed E-state index contributed by atoms with van der Waals surface area (Å²) >= 11 is 0. The van der Waals surface area contributed by atoms with Crippen LogP contribution in [0.15, 0.2) is 51.9 Å². The van der Waals surface area contributed by atoms with E-state index >= 15 is 0 Å². The quantitative estimate of drug-likeness (QED) is 0.449. The molecular formula is C22H24F3N3O5S. The molecule has 0 fully saturated rings. The fraction of sp³-hybridized carbons (Fsp3) is 0.364. The molecule has 0 saturated heterocycles. The van der Waals surface area contributed by atoms with Crippen LogP contribution in [0, 0.1) is 5.92 Å². The summed E-state index contributed by atoms with van der Waals surface area (Å²) in [4.78, 5) is 3.82. The van der Waals surface area contributed by atoms with Gasteiger partial charge >= 0.3 is 6.18 Å². The topological polar surface area (TPSA) is 104 Å². The number of sulfonamides is 1. The number of nitrogens with zero attached hydrogens (tertiary/aromatic N) is 2. The SMILES string of the molecule is CC[C@H](C)[C@@H](NS(=O)(=O)c1cccc(C(F)(F)F)c1)c1nc(-c2ccc(OC)c(OC)c2)no1. The van der Waals surface area contributed by atoms with Crippen molar-refractivity contribution in [1.82, 2.24) is 14.9 Å². The number of hydrogen-bond donors (Lipinski definition) is 1. The van der Waals surface area contributed by atoms with Crippen LogP contribution in [0.5, 0.6) is 11.5 Å². The van der Waals surface area contributed by atoms with Crippen molar-refractivity contribution < 1.29 is 35.6 Å². The second-order valence-electron chi connectivity index (χ2n) is 7.54. The van der Waals surface area contributed by atoms with Crippen molar-refractivity contribution >= 4 is 10.0 Å². The highest BCUT2D eigenvalue weighted by molar-refractivity contribution is 7.89. The van der Waals surface area contributed by atoms with Crippen LogP contribution in [0.1, 0.15) is 37.8 Å². The Labute approximate surface area is 195 Å². The summed E-state index contributed by atoms with van der Waals surface area (Å²) in [5.41, 5.74) is -0.528. The smallest absolute Gasteiger partial charge is 0.416 e. The Balaban J connectivity index is 1.94. The van der Waals surface area contributed by atoms with Crippen LogP contribution in [-0.4, -0.2) is 32.8 Å². The van der Waals surface area contributed by atoms with Gasteiger partial charge in [-0.1, -0.05) is 31.5 Å². The van der Waals surface area contributed by atoms with Gasteiger partial charge in [0.05, 0.1) is 24.7 Å². The number of methoxy groups -OCH3 is 2. The van der Waals surface area contributed by atoms with Gasteiger partial charge in [-0.3, -0.25) is 0 Å². The van der Waals surface area contributed by atoms with Crippen LogP contribution in [-0.2, 0) is 16.2 Å². The molecule has 0 aliphatic rings. The van der Waals surface area contributed by atoms with Crippen molar-refractivity contribution in [1.29, 1.82) is 0 Å². The lowest BCUT2D eigenvalue weighted by Gasteiger charge is -2.21. The Morgan fingerprint density at radius 3 is 2.41 bits per heavy atom. The molecule has 34 heavy (non-hydrogen) atoms. The zero-order chi connectivity index (χ0) is 25.1. The van der Waals surface area contributed by atoms with Gasteiger partial charge in [0, 0.05) is 5.56 Å². The second-order valence-corrected chi connectivity index (χ2v) is 9.25. The van der Waals surface area contributed by atoms with Crippen LogP contribution in [0.3, 0.4) is 0 Å². The first-order valence-corrected chi connectivity index (χ1v) is 11.7. The third-order valence-electron chi connectivity index (χ3n) is 5.32. The highest BCUT2D eigenvalue weighted by atomic mass is 32.2. The van der Waals surface area contributed by atoms with Gasteiger partial charge in [-0.25, -0.2) is 8.42 Å². The molecule has 8 nitrogen and oxygen atoms in total. The Kier molecular flexibility index (Phi) is 7.51. The Morgan fingerprint density at radius 2 is 1.79 bits per heavy atom. The molecule has 2 aromatic carbocycles. The summed E-state index contributed by atoms with van der Waals surface area (Å²) in [6.45, 7) is 3.60. The number of benzene rings is 2. The molecule has 3 aromatic rings. The molecule has 2 atom stereocenters. The van der Waals surface area contributed by atoms with E-state index in [2.05, 4.69) is 14.9 Å². The maximum Gasteiger partial charge on any atom is 0.416 e. The van der Waals surface area contributed by atoms with Crippen molar-refractivity contribution in [2.75, 3.05) is 14.2 Å². The Bertz CT molecular complexity index is 1240. The van der Waals surface area contributed by atoms with Crippen LogP contribution in [0.2, 0.25) is 0 Å². The van der Waals surface area contributed by atoms with Crippen molar-refractivity contribution in [3.05, 3.63) is 53.9 Å². The number of rotatable bonds is 9. The highest BCUT2D eigenvalue weighted by Crippen LogP contribution is 2.34. The monoisotopic (exact) mass is 499 g/mol. The lowest BCUT2D eigenvalue weighted by atomic mass is 10.0. The van der Waals surface area contributed by atoms with E-state index in [0.717, 1.165) is 18.2 Å². The van der Waals surface area contributed by atoms with Gasteiger partial charge in [0.25, 0.3) is 0 Å². The minimum Gasteiger partial charge on any atom is -0.493 e. The van der Waals surface area contributed by atoms with Crippen LogP contribution >= 0.6 is 0 Å². The molecule has 0 radical (unpaired) electrons. The van der Waals surface area contributed by atoms with E-state index in [1.807, 2.05) is 6.92 Å². The maximum absolute atomic E-state index is 13.1. The van der Waals surface area contributed by atoms with Gasteiger partial charge in [-0.2, -0.15) is 22.9 Å². The lowest BCUT2D eigenvalue weighted by molar-refractivity contribution is -0.137. The number of aromatic nitrogens is 2. The molecule has 184 valence electrons. The zero-order valence-electron chi connectivity index (χ0n) is 18.9. The largest absolute Gasteiger partial charge is 0.493 e. The molecule has 0 spiro atoms. The van der Waals surface area contributed by atoms with Gasteiger partial charge < -0.3 is 14.0 Å². The Morgan fingerprint density at radius 1 is 1.09 bits per heavy atom. The van der Waals surface area contributed by atoms with Gasteiger partial charge in [-0.15, -0.1) is 0 Å². The van der Waals surface area contributed by atoms with Gasteiger partial charge in [0.15, 0.2) is 11.5 Å². The second kappa shape index (κ2) is 10.0. The molecule has 0 unspecified atom stereocenters. The third-order valence-corrected chi connectivity index (χ3v) is 6.76. The van der Waals surface area contributed by atoms with Crippen molar-refractivity contribution in [2.24, 2.45) is 5.92 Å². The molecule has 0 amide bonds. The summed E-state index contributed by atoms with van der Waals surface area (Å²) in [7, 11) is -1.36. The van der Waals surface area contributed by atoms with Crippen LogP contribution in [0.25, 0.3) is 11.4 Å². The normalized spacial score (nSPS) is 14.0. The number of ether oxygens (including phenoxy) is 2. The van der Waals surface area contributed by atoms with Crippen LogP contribution in [0.4, 0.5) is 13.2 Å². The minimum atomic E-state index is -4.68. The average molecular weight is 500 g/mol. The zero-order valence-corrected chi connectivity index (χ0v) is 19.7. The molecule has 12 heteroatoms. The number of alkyl halides is 3. The van der Waals surface area contributed by atoms with E-state index < -0.39 is 32.7 Å². The average Bonchev–Trinajstić information content (AvgIpc) is 3.31. The van der Waals surface area contributed by atoms with Gasteiger partial charge in [0.1, 0.15) is 6.04 Å². The summed E-state index contributed by atoms with van der Waals surface area (Å²) in [5, 5.41) is 3.94. The van der Waals surface area contributed by atoms with Crippen molar-refractivity contribution in [3.8, 4) is 22.9 Å². The van der Waals surface area contributed by atoms with Crippen LogP contribution < -0.4 is 14.2 Å². The molecule has 0 aliphatic carbocycles. The maximum atomic E-state index is 13.1. The first kappa shape index (κ1) is 25.5. The number of nitrogens with one attached hydrogen (secondary N) is 1. The summed E-state index contributed by atoms with van der Waals surface area (Å²) < 4.78 is 83.4. The lowest BCUT2D eigenvalue weighted by Crippen LogP contribution is -2.33. The first-order chi connectivity index (χ1) is 16.0. The molecule has 3 rings (SSSR count). The van der Waals surface area contributed by atoms with Gasteiger partial charge in [0.2, 0.25) is 21.7 Å². The molecule has 0 saturated carbocycles. The fourth-order valence-corrected chi connectivity index (χ4v) is 4.52. The van der Waals surface area contributed by atoms with Crippen molar-refractivity contribution in [2.45, 2.75) is 37.4 Å².